The summed E-state index contributed by atoms with van der Waals surface area (Å²) >= 11 is 0. The molecule has 3 rings (SSSR count). The van der Waals surface area contributed by atoms with E-state index in [0.29, 0.717) is 6.04 Å². The summed E-state index contributed by atoms with van der Waals surface area (Å²) in [6, 6.07) is 0.684. The Kier molecular flexibility index (Phi) is 10.3. The highest BCUT2D eigenvalue weighted by Crippen LogP contribution is 2.17. The molecule has 2 atom stereocenters. The van der Waals surface area contributed by atoms with Crippen molar-refractivity contribution in [2.45, 2.75) is 58.1 Å². The predicted octanol–water partition coefficient (Wildman–Crippen LogP) is 1.77. The number of aliphatic imine (C=N–C) groups is 1. The Morgan fingerprint density at radius 1 is 1.07 bits per heavy atom. The number of hydrogen-bond donors (Lipinski definition) is 1. The number of likely N-dealkylation sites (tertiary alicyclic amines) is 1. The van der Waals surface area contributed by atoms with E-state index in [0.717, 1.165) is 71.2 Å². The molecule has 0 aromatic carbocycles. The van der Waals surface area contributed by atoms with Gasteiger partial charge in [-0.1, -0.05) is 6.42 Å². The first-order valence-corrected chi connectivity index (χ1v) is 10.9. The molecule has 3 saturated heterocycles. The standard InChI is InChI=1S/C20H37N5O2.HI/c1-3-21-20(22-9-11-23-10-5-4-7-17(23)2)25-14-12-24(13-15-25)19(26)18-8-6-16-27-18;/h17-18H,3-16H2,1-2H3,(H,21,22);1H. The summed E-state index contributed by atoms with van der Waals surface area (Å²) < 4.78 is 5.55. The van der Waals surface area contributed by atoms with Crippen molar-refractivity contribution < 1.29 is 9.53 Å². The molecular formula is C20H38IN5O2. The van der Waals surface area contributed by atoms with Crippen molar-refractivity contribution in [3.8, 4) is 0 Å². The Morgan fingerprint density at radius 2 is 1.82 bits per heavy atom. The van der Waals surface area contributed by atoms with Crippen LogP contribution < -0.4 is 5.32 Å². The Balaban J connectivity index is 0.00000280. The zero-order chi connectivity index (χ0) is 19.1. The van der Waals surface area contributed by atoms with Gasteiger partial charge in [0.2, 0.25) is 0 Å². The van der Waals surface area contributed by atoms with E-state index in [1.54, 1.807) is 0 Å². The lowest BCUT2D eigenvalue weighted by atomic mass is 10.0. The summed E-state index contributed by atoms with van der Waals surface area (Å²) in [6.45, 7) is 12.3. The molecular weight excluding hydrogens is 469 g/mol. The first kappa shape index (κ1) is 23.7. The van der Waals surface area contributed by atoms with Gasteiger partial charge in [0, 0.05) is 51.9 Å². The van der Waals surface area contributed by atoms with Gasteiger partial charge in [0.1, 0.15) is 6.10 Å². The number of hydrogen-bond acceptors (Lipinski definition) is 4. The van der Waals surface area contributed by atoms with E-state index in [9.17, 15) is 4.79 Å². The van der Waals surface area contributed by atoms with Crippen LogP contribution in [0.3, 0.4) is 0 Å². The van der Waals surface area contributed by atoms with E-state index in [4.69, 9.17) is 9.73 Å². The number of carbonyl (C=O) groups is 1. The molecule has 3 heterocycles. The van der Waals surface area contributed by atoms with E-state index in [1.165, 1.54) is 25.8 Å². The summed E-state index contributed by atoms with van der Waals surface area (Å²) in [5.41, 5.74) is 0. The Labute approximate surface area is 187 Å². The predicted molar refractivity (Wildman–Crippen MR) is 123 cm³/mol. The first-order chi connectivity index (χ1) is 13.2. The number of guanidine groups is 1. The Morgan fingerprint density at radius 3 is 2.46 bits per heavy atom. The summed E-state index contributed by atoms with van der Waals surface area (Å²) in [5.74, 6) is 1.17. The fourth-order valence-corrected chi connectivity index (χ4v) is 4.31. The van der Waals surface area contributed by atoms with Crippen molar-refractivity contribution in [3.05, 3.63) is 0 Å². The van der Waals surface area contributed by atoms with Gasteiger partial charge in [-0.15, -0.1) is 24.0 Å². The summed E-state index contributed by atoms with van der Waals surface area (Å²) in [5, 5.41) is 3.43. The van der Waals surface area contributed by atoms with Crippen molar-refractivity contribution in [2.24, 2.45) is 4.99 Å². The van der Waals surface area contributed by atoms with Crippen molar-refractivity contribution in [1.29, 1.82) is 0 Å². The number of halogens is 1. The van der Waals surface area contributed by atoms with Gasteiger partial charge in [-0.3, -0.25) is 14.7 Å². The van der Waals surface area contributed by atoms with Gasteiger partial charge >= 0.3 is 0 Å². The third kappa shape index (κ3) is 6.45. The molecule has 0 aliphatic carbocycles. The minimum absolute atomic E-state index is 0. The normalized spacial score (nSPS) is 26.9. The SMILES string of the molecule is CCNC(=NCCN1CCCCC1C)N1CCN(C(=O)C2CCCO2)CC1.I. The number of amides is 1. The summed E-state index contributed by atoms with van der Waals surface area (Å²) in [4.78, 5) is 24.2. The number of nitrogens with one attached hydrogen (secondary N) is 1. The average molecular weight is 507 g/mol. The molecule has 0 radical (unpaired) electrons. The van der Waals surface area contributed by atoms with Crippen LogP contribution in [0.5, 0.6) is 0 Å². The molecule has 162 valence electrons. The number of ether oxygens (including phenoxy) is 1. The minimum Gasteiger partial charge on any atom is -0.368 e. The van der Waals surface area contributed by atoms with Crippen molar-refractivity contribution in [3.63, 3.8) is 0 Å². The van der Waals surface area contributed by atoms with Crippen LogP contribution in [-0.4, -0.2) is 97.7 Å². The van der Waals surface area contributed by atoms with Crippen molar-refractivity contribution in [2.75, 3.05) is 59.0 Å². The lowest BCUT2D eigenvalue weighted by molar-refractivity contribution is -0.142. The van der Waals surface area contributed by atoms with Crippen LogP contribution in [0.4, 0.5) is 0 Å². The smallest absolute Gasteiger partial charge is 0.251 e. The molecule has 0 aromatic rings. The number of nitrogens with zero attached hydrogens (tertiary/aromatic N) is 4. The number of piperazine rings is 1. The molecule has 3 aliphatic heterocycles. The second-order valence-corrected chi connectivity index (χ2v) is 7.93. The molecule has 1 amide bonds. The lowest BCUT2D eigenvalue weighted by Crippen LogP contribution is -2.55. The van der Waals surface area contributed by atoms with E-state index < -0.39 is 0 Å². The van der Waals surface area contributed by atoms with Crippen LogP contribution in [0.25, 0.3) is 0 Å². The van der Waals surface area contributed by atoms with Crippen LogP contribution >= 0.6 is 24.0 Å². The largest absolute Gasteiger partial charge is 0.368 e. The van der Waals surface area contributed by atoms with Crippen LogP contribution in [0.15, 0.2) is 4.99 Å². The van der Waals surface area contributed by atoms with Gasteiger partial charge in [-0.05, 0) is 46.1 Å². The van der Waals surface area contributed by atoms with Gasteiger partial charge in [0.05, 0.1) is 6.54 Å². The highest BCUT2D eigenvalue weighted by molar-refractivity contribution is 14.0. The molecule has 1 N–H and O–H groups in total. The van der Waals surface area contributed by atoms with E-state index >= 15 is 0 Å². The van der Waals surface area contributed by atoms with Crippen molar-refractivity contribution in [1.82, 2.24) is 20.0 Å². The molecule has 0 spiro atoms. The lowest BCUT2D eigenvalue weighted by Gasteiger charge is -2.37. The average Bonchev–Trinajstić information content (AvgIpc) is 3.23. The molecule has 3 fully saturated rings. The summed E-state index contributed by atoms with van der Waals surface area (Å²) in [7, 11) is 0. The molecule has 0 aromatic heterocycles. The first-order valence-electron chi connectivity index (χ1n) is 10.9. The second-order valence-electron chi connectivity index (χ2n) is 7.93. The van der Waals surface area contributed by atoms with Gasteiger partial charge in [0.25, 0.3) is 5.91 Å². The van der Waals surface area contributed by atoms with E-state index in [-0.39, 0.29) is 36.0 Å². The molecule has 7 nitrogen and oxygen atoms in total. The van der Waals surface area contributed by atoms with Gasteiger partial charge in [-0.25, -0.2) is 0 Å². The van der Waals surface area contributed by atoms with Crippen molar-refractivity contribution >= 4 is 35.8 Å². The topological polar surface area (TPSA) is 60.4 Å². The highest BCUT2D eigenvalue weighted by atomic mass is 127. The van der Waals surface area contributed by atoms with Crippen LogP contribution in [-0.2, 0) is 9.53 Å². The molecule has 2 unspecified atom stereocenters. The molecule has 28 heavy (non-hydrogen) atoms. The maximum atomic E-state index is 12.5. The number of rotatable bonds is 5. The fraction of sp³-hybridized carbons (Fsp3) is 0.900. The fourth-order valence-electron chi connectivity index (χ4n) is 4.31. The minimum atomic E-state index is -0.204. The van der Waals surface area contributed by atoms with E-state index in [2.05, 4.69) is 29.0 Å². The number of carbonyl (C=O) groups excluding carboxylic acids is 1. The Hall–Kier alpha value is -0.610. The second kappa shape index (κ2) is 12.2. The van der Waals surface area contributed by atoms with E-state index in [1.807, 2.05) is 4.90 Å². The third-order valence-electron chi connectivity index (χ3n) is 6.02. The maximum Gasteiger partial charge on any atom is 0.251 e. The van der Waals surface area contributed by atoms with Crippen LogP contribution in [0.2, 0.25) is 0 Å². The van der Waals surface area contributed by atoms with Crippen LogP contribution in [0.1, 0.15) is 46.0 Å². The van der Waals surface area contributed by atoms with Gasteiger partial charge in [0.15, 0.2) is 5.96 Å². The summed E-state index contributed by atoms with van der Waals surface area (Å²) in [6.07, 6.45) is 5.66. The van der Waals surface area contributed by atoms with Gasteiger partial charge < -0.3 is 19.9 Å². The maximum absolute atomic E-state index is 12.5. The zero-order valence-corrected chi connectivity index (χ0v) is 19.9. The highest BCUT2D eigenvalue weighted by Gasteiger charge is 2.30. The Bertz CT molecular complexity index is 505. The monoisotopic (exact) mass is 507 g/mol. The van der Waals surface area contributed by atoms with Crippen LogP contribution in [0, 0.1) is 0 Å². The molecule has 0 saturated carbocycles. The molecule has 0 bridgehead atoms. The molecule has 8 heteroatoms. The quantitative estimate of drug-likeness (QED) is 0.349. The zero-order valence-electron chi connectivity index (χ0n) is 17.6. The third-order valence-corrected chi connectivity index (χ3v) is 6.02. The van der Waals surface area contributed by atoms with Gasteiger partial charge in [-0.2, -0.15) is 0 Å². The molecule has 3 aliphatic rings. The number of piperidine rings is 1.